The molecule has 5 heteroatoms. The molecule has 0 saturated carbocycles. The number of carbonyl (C=O) groups is 1. The van der Waals surface area contributed by atoms with E-state index >= 15 is 0 Å². The molecule has 0 fully saturated rings. The summed E-state index contributed by atoms with van der Waals surface area (Å²) in [5, 5.41) is 11.6. The summed E-state index contributed by atoms with van der Waals surface area (Å²) >= 11 is 0. The fourth-order valence-corrected chi connectivity index (χ4v) is 0.752. The number of aliphatic hydroxyl groups is 1. The van der Waals surface area contributed by atoms with E-state index in [0.717, 1.165) is 0 Å². The summed E-state index contributed by atoms with van der Waals surface area (Å²) in [6, 6.07) is 0. The predicted molar refractivity (Wildman–Crippen MR) is 56.6 cm³/mol. The number of rotatable bonds is 8. The molecule has 0 bridgehead atoms. The van der Waals surface area contributed by atoms with Crippen molar-refractivity contribution >= 4 is 5.91 Å². The van der Waals surface area contributed by atoms with Crippen LogP contribution in [0.2, 0.25) is 0 Å². The van der Waals surface area contributed by atoms with Crippen LogP contribution in [0.1, 0.15) is 13.8 Å². The topological polar surface area (TPSA) is 67.8 Å². The van der Waals surface area contributed by atoms with E-state index in [0.29, 0.717) is 19.8 Å². The van der Waals surface area contributed by atoms with Gasteiger partial charge in [-0.2, -0.15) is 0 Å². The average Bonchev–Trinajstić information content (AvgIpc) is 2.22. The van der Waals surface area contributed by atoms with Gasteiger partial charge >= 0.3 is 0 Å². The number of carbonyl (C=O) groups excluding carboxylic acids is 1. The van der Waals surface area contributed by atoms with Gasteiger partial charge < -0.3 is 19.9 Å². The van der Waals surface area contributed by atoms with Crippen molar-refractivity contribution in [1.29, 1.82) is 0 Å². The molecule has 0 aliphatic rings. The number of aliphatic hydroxyl groups excluding tert-OH is 1. The number of hydrogen-bond acceptors (Lipinski definition) is 4. The average molecular weight is 219 g/mol. The van der Waals surface area contributed by atoms with Gasteiger partial charge in [0.1, 0.15) is 6.61 Å². The maximum absolute atomic E-state index is 11.2. The Kier molecular flexibility index (Phi) is 7.29. The van der Waals surface area contributed by atoms with E-state index in [2.05, 4.69) is 5.32 Å². The molecular weight excluding hydrogens is 198 g/mol. The summed E-state index contributed by atoms with van der Waals surface area (Å²) in [7, 11) is 1.58. The van der Waals surface area contributed by atoms with Crippen molar-refractivity contribution in [2.24, 2.45) is 5.41 Å². The summed E-state index contributed by atoms with van der Waals surface area (Å²) in [6.45, 7) is 5.15. The first-order valence-electron chi connectivity index (χ1n) is 4.96. The zero-order chi connectivity index (χ0) is 11.7. The van der Waals surface area contributed by atoms with Crippen molar-refractivity contribution in [3.05, 3.63) is 0 Å². The number of nitrogens with one attached hydrogen (secondary N) is 1. The van der Waals surface area contributed by atoms with Crippen molar-refractivity contribution in [3.63, 3.8) is 0 Å². The van der Waals surface area contributed by atoms with Crippen molar-refractivity contribution in [2.75, 3.05) is 40.1 Å². The zero-order valence-electron chi connectivity index (χ0n) is 9.71. The van der Waals surface area contributed by atoms with E-state index in [4.69, 9.17) is 14.6 Å². The van der Waals surface area contributed by atoms with Gasteiger partial charge in [-0.05, 0) is 0 Å². The zero-order valence-corrected chi connectivity index (χ0v) is 9.71. The molecule has 0 spiro atoms. The molecular formula is C10H21NO4. The van der Waals surface area contributed by atoms with Crippen LogP contribution in [0.4, 0.5) is 0 Å². The summed E-state index contributed by atoms with van der Waals surface area (Å²) in [5.41, 5.74) is -0.289. The molecule has 1 amide bonds. The minimum Gasteiger partial charge on any atom is -0.396 e. The van der Waals surface area contributed by atoms with Gasteiger partial charge in [0, 0.05) is 25.7 Å². The number of methoxy groups -OCH3 is 1. The highest BCUT2D eigenvalue weighted by Crippen LogP contribution is 2.10. The minimum absolute atomic E-state index is 0.0326. The van der Waals surface area contributed by atoms with Crippen LogP contribution >= 0.6 is 0 Å². The summed E-state index contributed by atoms with van der Waals surface area (Å²) in [6.07, 6.45) is 0. The molecule has 15 heavy (non-hydrogen) atoms. The van der Waals surface area contributed by atoms with Gasteiger partial charge in [0.15, 0.2) is 0 Å². The second-order valence-corrected chi connectivity index (χ2v) is 4.14. The monoisotopic (exact) mass is 219 g/mol. The lowest BCUT2D eigenvalue weighted by molar-refractivity contribution is -0.126. The molecule has 0 aliphatic heterocycles. The number of amides is 1. The molecule has 0 aromatic rings. The molecule has 2 N–H and O–H groups in total. The Morgan fingerprint density at radius 2 is 2.07 bits per heavy atom. The standard InChI is InChI=1S/C10H21NO4/c1-10(2,8-12)7-11-9(13)6-15-5-4-14-3/h12H,4-8H2,1-3H3,(H,11,13). The van der Waals surface area contributed by atoms with Gasteiger partial charge in [0.05, 0.1) is 13.2 Å². The molecule has 0 rings (SSSR count). The largest absolute Gasteiger partial charge is 0.396 e. The van der Waals surface area contributed by atoms with E-state index in [1.54, 1.807) is 7.11 Å². The second kappa shape index (κ2) is 7.62. The van der Waals surface area contributed by atoms with Crippen LogP contribution in [0.5, 0.6) is 0 Å². The maximum Gasteiger partial charge on any atom is 0.246 e. The lowest BCUT2D eigenvalue weighted by Gasteiger charge is -2.21. The highest BCUT2D eigenvalue weighted by molar-refractivity contribution is 5.77. The quantitative estimate of drug-likeness (QED) is 0.554. The highest BCUT2D eigenvalue weighted by atomic mass is 16.5. The molecule has 0 aromatic carbocycles. The molecule has 0 aliphatic carbocycles. The van der Waals surface area contributed by atoms with Crippen molar-refractivity contribution < 1.29 is 19.4 Å². The van der Waals surface area contributed by atoms with Crippen LogP contribution in [0.25, 0.3) is 0 Å². The normalized spacial score (nSPS) is 11.5. The van der Waals surface area contributed by atoms with Gasteiger partial charge in [-0.1, -0.05) is 13.8 Å². The van der Waals surface area contributed by atoms with Crippen LogP contribution < -0.4 is 5.32 Å². The Labute approximate surface area is 90.8 Å². The van der Waals surface area contributed by atoms with Gasteiger partial charge in [-0.3, -0.25) is 4.79 Å². The third-order valence-corrected chi connectivity index (χ3v) is 1.86. The molecule has 0 saturated heterocycles. The highest BCUT2D eigenvalue weighted by Gasteiger charge is 2.17. The van der Waals surface area contributed by atoms with E-state index < -0.39 is 0 Å². The Morgan fingerprint density at radius 1 is 1.40 bits per heavy atom. The first kappa shape index (κ1) is 14.3. The van der Waals surface area contributed by atoms with Gasteiger partial charge in [-0.25, -0.2) is 0 Å². The fourth-order valence-electron chi connectivity index (χ4n) is 0.752. The van der Waals surface area contributed by atoms with E-state index in [1.807, 2.05) is 13.8 Å². The number of ether oxygens (including phenoxy) is 2. The molecule has 0 radical (unpaired) electrons. The number of hydrogen-bond donors (Lipinski definition) is 2. The van der Waals surface area contributed by atoms with E-state index in [1.165, 1.54) is 0 Å². The molecule has 0 unspecified atom stereocenters. The van der Waals surface area contributed by atoms with Crippen molar-refractivity contribution in [1.82, 2.24) is 5.32 Å². The van der Waals surface area contributed by atoms with Crippen LogP contribution in [-0.2, 0) is 14.3 Å². The Bertz CT molecular complexity index is 182. The second-order valence-electron chi connectivity index (χ2n) is 4.14. The Hall–Kier alpha value is -0.650. The third kappa shape index (κ3) is 8.35. The van der Waals surface area contributed by atoms with Crippen molar-refractivity contribution in [3.8, 4) is 0 Å². The molecule has 90 valence electrons. The summed E-state index contributed by atoms with van der Waals surface area (Å²) in [4.78, 5) is 11.2. The third-order valence-electron chi connectivity index (χ3n) is 1.86. The van der Waals surface area contributed by atoms with Crippen LogP contribution in [-0.4, -0.2) is 51.1 Å². The fraction of sp³-hybridized carbons (Fsp3) is 0.900. The molecule has 0 aromatic heterocycles. The maximum atomic E-state index is 11.2. The van der Waals surface area contributed by atoms with Gasteiger partial charge in [0.2, 0.25) is 5.91 Å². The Balaban J connectivity index is 3.49. The van der Waals surface area contributed by atoms with E-state index in [9.17, 15) is 4.79 Å². The van der Waals surface area contributed by atoms with E-state index in [-0.39, 0.29) is 24.5 Å². The lowest BCUT2D eigenvalue weighted by atomic mass is 9.95. The molecule has 0 atom stereocenters. The summed E-state index contributed by atoms with van der Waals surface area (Å²) < 4.78 is 9.80. The smallest absolute Gasteiger partial charge is 0.246 e. The minimum atomic E-state index is -0.289. The summed E-state index contributed by atoms with van der Waals surface area (Å²) in [5.74, 6) is -0.173. The molecule has 5 nitrogen and oxygen atoms in total. The first-order chi connectivity index (χ1) is 7.02. The van der Waals surface area contributed by atoms with Crippen LogP contribution in [0.15, 0.2) is 0 Å². The van der Waals surface area contributed by atoms with Crippen LogP contribution in [0.3, 0.4) is 0 Å². The van der Waals surface area contributed by atoms with Gasteiger partial charge in [0.25, 0.3) is 0 Å². The van der Waals surface area contributed by atoms with Crippen LogP contribution in [0, 0.1) is 5.41 Å². The predicted octanol–water partition coefficient (Wildman–Crippen LogP) is -0.216. The van der Waals surface area contributed by atoms with Crippen molar-refractivity contribution in [2.45, 2.75) is 13.8 Å². The lowest BCUT2D eigenvalue weighted by Crippen LogP contribution is -2.38. The SMILES string of the molecule is COCCOCC(=O)NCC(C)(C)CO. The Morgan fingerprint density at radius 3 is 2.60 bits per heavy atom. The van der Waals surface area contributed by atoms with Gasteiger partial charge in [-0.15, -0.1) is 0 Å². The molecule has 0 heterocycles. The first-order valence-corrected chi connectivity index (χ1v) is 4.96.